The van der Waals surface area contributed by atoms with E-state index in [-0.39, 0.29) is 11.9 Å². The van der Waals surface area contributed by atoms with Crippen molar-refractivity contribution in [3.63, 3.8) is 0 Å². The number of rotatable bonds is 3. The second kappa shape index (κ2) is 5.02. The Bertz CT molecular complexity index is 726. The monoisotopic (exact) mass is 268 g/mol. The number of aromatic hydroxyl groups is 1. The topological polar surface area (TPSA) is 42.6 Å². The van der Waals surface area contributed by atoms with Crippen molar-refractivity contribution in [1.82, 2.24) is 0 Å². The van der Waals surface area contributed by atoms with E-state index in [9.17, 15) is 5.11 Å². The highest BCUT2D eigenvalue weighted by atomic mass is 16.5. The average molecular weight is 268 g/mol. The van der Waals surface area contributed by atoms with Crippen molar-refractivity contribution in [3.05, 3.63) is 54.1 Å². The van der Waals surface area contributed by atoms with Gasteiger partial charge in [-0.05, 0) is 37.3 Å². The van der Waals surface area contributed by atoms with Gasteiger partial charge in [0.2, 0.25) is 0 Å². The van der Waals surface area contributed by atoms with Crippen LogP contribution in [0.2, 0.25) is 0 Å². The number of hydrogen-bond acceptors (Lipinski definition) is 3. The molecule has 3 heteroatoms. The highest BCUT2D eigenvalue weighted by molar-refractivity contribution is 5.88. The van der Waals surface area contributed by atoms with E-state index in [1.165, 1.54) is 0 Å². The molecule has 102 valence electrons. The Morgan fingerprint density at radius 1 is 1.05 bits per heavy atom. The lowest BCUT2D eigenvalue weighted by atomic mass is 10.0. The third-order valence-corrected chi connectivity index (χ3v) is 3.52. The Morgan fingerprint density at radius 2 is 1.75 bits per heavy atom. The number of fused-ring (bicyclic) bond motifs is 1. The number of hydrogen-bond donors (Lipinski definition) is 1. The van der Waals surface area contributed by atoms with Crippen LogP contribution >= 0.6 is 0 Å². The normalized spacial score (nSPS) is 12.7. The van der Waals surface area contributed by atoms with Gasteiger partial charge >= 0.3 is 0 Å². The van der Waals surface area contributed by atoms with E-state index in [4.69, 9.17) is 9.15 Å². The van der Waals surface area contributed by atoms with Gasteiger partial charge in [0.1, 0.15) is 17.1 Å². The van der Waals surface area contributed by atoms with Crippen molar-refractivity contribution in [2.45, 2.75) is 13.0 Å². The molecular weight excluding hydrogens is 252 g/mol. The van der Waals surface area contributed by atoms with Crippen LogP contribution in [-0.4, -0.2) is 12.2 Å². The van der Waals surface area contributed by atoms with Gasteiger partial charge in [0.25, 0.3) is 0 Å². The molecule has 0 saturated carbocycles. The predicted octanol–water partition coefficient (Wildman–Crippen LogP) is 4.51. The van der Waals surface area contributed by atoms with Gasteiger partial charge in [0.05, 0.1) is 6.10 Å². The number of para-hydroxylation sites is 1. The quantitative estimate of drug-likeness (QED) is 0.759. The van der Waals surface area contributed by atoms with Gasteiger partial charge in [-0.15, -0.1) is 0 Å². The van der Waals surface area contributed by atoms with Crippen molar-refractivity contribution < 1.29 is 14.3 Å². The first-order valence-corrected chi connectivity index (χ1v) is 6.54. The van der Waals surface area contributed by atoms with Crippen molar-refractivity contribution in [3.8, 4) is 17.1 Å². The van der Waals surface area contributed by atoms with Crippen LogP contribution in [0.1, 0.15) is 18.6 Å². The predicted molar refractivity (Wildman–Crippen MR) is 78.7 cm³/mol. The molecule has 0 saturated heterocycles. The number of methoxy groups -OCH3 is 1. The number of phenolic OH excluding ortho intramolecular Hbond substituents is 1. The molecule has 1 aromatic heterocycles. The Hall–Kier alpha value is -2.26. The molecule has 0 aliphatic carbocycles. The smallest absolute Gasteiger partial charge is 0.141 e. The zero-order chi connectivity index (χ0) is 14.1. The Labute approximate surface area is 117 Å². The summed E-state index contributed by atoms with van der Waals surface area (Å²) in [6, 6.07) is 14.9. The Morgan fingerprint density at radius 3 is 2.45 bits per heavy atom. The number of benzene rings is 2. The zero-order valence-corrected chi connectivity index (χ0v) is 11.5. The fourth-order valence-electron chi connectivity index (χ4n) is 2.41. The minimum absolute atomic E-state index is 0.0672. The van der Waals surface area contributed by atoms with Crippen molar-refractivity contribution in [2.75, 3.05) is 7.11 Å². The molecule has 0 radical (unpaired) electrons. The molecular formula is C17H16O3. The van der Waals surface area contributed by atoms with Crippen LogP contribution in [0.4, 0.5) is 0 Å². The Kier molecular flexibility index (Phi) is 3.20. The maximum Gasteiger partial charge on any atom is 0.141 e. The SMILES string of the molecule is COC(C)c1c(-c2ccc(O)cc2)oc2ccccc12. The third kappa shape index (κ3) is 2.06. The fourth-order valence-corrected chi connectivity index (χ4v) is 2.41. The molecule has 0 amide bonds. The van der Waals surface area contributed by atoms with E-state index >= 15 is 0 Å². The molecule has 0 bridgehead atoms. The standard InChI is InChI=1S/C17H16O3/c1-11(19-2)16-14-5-3-4-6-15(14)20-17(16)12-7-9-13(18)10-8-12/h3-11,18H,1-2H3. The summed E-state index contributed by atoms with van der Waals surface area (Å²) >= 11 is 0. The highest BCUT2D eigenvalue weighted by Crippen LogP contribution is 2.38. The average Bonchev–Trinajstić information content (AvgIpc) is 2.86. The molecule has 1 N–H and O–H groups in total. The van der Waals surface area contributed by atoms with Crippen LogP contribution in [0.3, 0.4) is 0 Å². The van der Waals surface area contributed by atoms with Gasteiger partial charge in [0.15, 0.2) is 0 Å². The van der Waals surface area contributed by atoms with Gasteiger partial charge in [-0.2, -0.15) is 0 Å². The maximum atomic E-state index is 9.41. The number of furan rings is 1. The summed E-state index contributed by atoms with van der Waals surface area (Å²) in [7, 11) is 1.69. The second-order valence-electron chi connectivity index (χ2n) is 4.77. The summed E-state index contributed by atoms with van der Waals surface area (Å²) in [5.41, 5.74) is 2.81. The van der Waals surface area contributed by atoms with E-state index in [0.717, 1.165) is 27.9 Å². The summed E-state index contributed by atoms with van der Waals surface area (Å²) in [6.45, 7) is 2.00. The van der Waals surface area contributed by atoms with Crippen LogP contribution in [-0.2, 0) is 4.74 Å². The van der Waals surface area contributed by atoms with Gasteiger partial charge in [-0.1, -0.05) is 18.2 Å². The lowest BCUT2D eigenvalue weighted by Gasteiger charge is -2.10. The fraction of sp³-hybridized carbons (Fsp3) is 0.176. The van der Waals surface area contributed by atoms with Crippen LogP contribution < -0.4 is 0 Å². The summed E-state index contributed by atoms with van der Waals surface area (Å²) in [5, 5.41) is 10.5. The molecule has 1 unspecified atom stereocenters. The van der Waals surface area contributed by atoms with Crippen molar-refractivity contribution in [1.29, 1.82) is 0 Å². The van der Waals surface area contributed by atoms with Crippen LogP contribution in [0.5, 0.6) is 5.75 Å². The van der Waals surface area contributed by atoms with E-state index < -0.39 is 0 Å². The maximum absolute atomic E-state index is 9.41. The molecule has 1 heterocycles. The molecule has 2 aromatic carbocycles. The highest BCUT2D eigenvalue weighted by Gasteiger charge is 2.20. The van der Waals surface area contributed by atoms with E-state index in [1.54, 1.807) is 19.2 Å². The van der Waals surface area contributed by atoms with E-state index in [2.05, 4.69) is 0 Å². The molecule has 0 spiro atoms. The lowest BCUT2D eigenvalue weighted by Crippen LogP contribution is -1.96. The molecule has 3 rings (SSSR count). The van der Waals surface area contributed by atoms with Gasteiger partial charge in [-0.3, -0.25) is 0 Å². The number of ether oxygens (including phenoxy) is 1. The number of phenols is 1. The Balaban J connectivity index is 2.26. The van der Waals surface area contributed by atoms with Crippen LogP contribution in [0.15, 0.2) is 52.9 Å². The summed E-state index contributed by atoms with van der Waals surface area (Å²) < 4.78 is 11.5. The molecule has 0 aliphatic rings. The first-order valence-electron chi connectivity index (χ1n) is 6.54. The molecule has 3 nitrogen and oxygen atoms in total. The first-order chi connectivity index (χ1) is 9.70. The van der Waals surface area contributed by atoms with E-state index in [1.807, 2.05) is 43.3 Å². The molecule has 1 atom stereocenters. The van der Waals surface area contributed by atoms with Gasteiger partial charge in [0, 0.05) is 23.6 Å². The molecule has 0 aliphatic heterocycles. The van der Waals surface area contributed by atoms with Gasteiger partial charge in [-0.25, -0.2) is 0 Å². The molecule has 20 heavy (non-hydrogen) atoms. The van der Waals surface area contributed by atoms with Gasteiger partial charge < -0.3 is 14.3 Å². The summed E-state index contributed by atoms with van der Waals surface area (Å²) in [4.78, 5) is 0. The van der Waals surface area contributed by atoms with Crippen LogP contribution in [0.25, 0.3) is 22.3 Å². The molecule has 3 aromatic rings. The van der Waals surface area contributed by atoms with E-state index in [0.29, 0.717) is 0 Å². The van der Waals surface area contributed by atoms with Crippen molar-refractivity contribution in [2.24, 2.45) is 0 Å². The minimum atomic E-state index is -0.0672. The van der Waals surface area contributed by atoms with Crippen LogP contribution in [0, 0.1) is 0 Å². The third-order valence-electron chi connectivity index (χ3n) is 3.52. The first kappa shape index (κ1) is 12.8. The summed E-state index contributed by atoms with van der Waals surface area (Å²) in [5.74, 6) is 1.03. The zero-order valence-electron chi connectivity index (χ0n) is 11.5. The molecule has 0 fully saturated rings. The van der Waals surface area contributed by atoms with Crippen molar-refractivity contribution >= 4 is 11.0 Å². The largest absolute Gasteiger partial charge is 0.508 e. The minimum Gasteiger partial charge on any atom is -0.508 e. The summed E-state index contributed by atoms with van der Waals surface area (Å²) in [6.07, 6.45) is -0.0672. The lowest BCUT2D eigenvalue weighted by molar-refractivity contribution is 0.120. The second-order valence-corrected chi connectivity index (χ2v) is 4.77.